The summed E-state index contributed by atoms with van der Waals surface area (Å²) >= 11 is 0. The van der Waals surface area contributed by atoms with Crippen molar-refractivity contribution in [2.24, 2.45) is 0 Å². The van der Waals surface area contributed by atoms with Gasteiger partial charge in [0.15, 0.2) is 11.9 Å². The molecule has 0 aliphatic heterocycles. The molecular formula is C11H15NO2. The van der Waals surface area contributed by atoms with E-state index in [1.807, 2.05) is 32.2 Å². The highest BCUT2D eigenvalue weighted by molar-refractivity contribution is 5.68. The molecule has 14 heavy (non-hydrogen) atoms. The second-order valence-corrected chi connectivity index (χ2v) is 3.17. The van der Waals surface area contributed by atoms with Crippen LogP contribution in [0.15, 0.2) is 18.3 Å². The molecule has 0 spiro atoms. The molecule has 1 aromatic rings. The smallest absolute Gasteiger partial charge is 0.184 e. The van der Waals surface area contributed by atoms with Crippen LogP contribution in [0.4, 0.5) is 0 Å². The molecule has 0 N–H and O–H groups in total. The average molecular weight is 193 g/mol. The normalized spacial score (nSPS) is 10.1. The Kier molecular flexibility index (Phi) is 3.63. The summed E-state index contributed by atoms with van der Waals surface area (Å²) in [6.45, 7) is 4.94. The van der Waals surface area contributed by atoms with E-state index in [1.165, 1.54) is 0 Å². The molecule has 3 nitrogen and oxygen atoms in total. The van der Waals surface area contributed by atoms with Gasteiger partial charge in [0, 0.05) is 30.4 Å². The van der Waals surface area contributed by atoms with Gasteiger partial charge in [0.2, 0.25) is 0 Å². The molecule has 0 aliphatic rings. The molecule has 76 valence electrons. The van der Waals surface area contributed by atoms with E-state index in [0.717, 1.165) is 24.2 Å². The maximum atomic E-state index is 10.5. The molecule has 0 aliphatic carbocycles. The molecule has 1 heterocycles. The largest absolute Gasteiger partial charge is 0.550 e. The fraction of sp³-hybridized carbons (Fsp3) is 0.455. The summed E-state index contributed by atoms with van der Waals surface area (Å²) in [6, 6.07) is 3.72. The predicted octanol–water partition coefficient (Wildman–Crippen LogP) is -0.151. The summed E-state index contributed by atoms with van der Waals surface area (Å²) < 4.78 is 2.07. The van der Waals surface area contributed by atoms with E-state index in [4.69, 9.17) is 0 Å². The number of carboxylic acid groups (broad SMARTS) is 1. The van der Waals surface area contributed by atoms with Crippen molar-refractivity contribution in [1.29, 1.82) is 0 Å². The van der Waals surface area contributed by atoms with Crippen LogP contribution in [0.25, 0.3) is 0 Å². The van der Waals surface area contributed by atoms with E-state index in [1.54, 1.807) is 0 Å². The van der Waals surface area contributed by atoms with Crippen molar-refractivity contribution in [1.82, 2.24) is 0 Å². The lowest BCUT2D eigenvalue weighted by Gasteiger charge is -2.07. The number of pyridine rings is 1. The Bertz CT molecular complexity index is 334. The van der Waals surface area contributed by atoms with Gasteiger partial charge < -0.3 is 9.90 Å². The van der Waals surface area contributed by atoms with E-state index in [-0.39, 0.29) is 6.42 Å². The van der Waals surface area contributed by atoms with Crippen LogP contribution < -0.4 is 9.67 Å². The Morgan fingerprint density at radius 1 is 1.50 bits per heavy atom. The average Bonchev–Trinajstić information content (AvgIpc) is 2.16. The fourth-order valence-electron chi connectivity index (χ4n) is 1.68. The quantitative estimate of drug-likeness (QED) is 0.624. The molecule has 0 radical (unpaired) electrons. The molecule has 1 aromatic heterocycles. The number of nitrogens with zero attached hydrogens (tertiary/aromatic N) is 1. The summed E-state index contributed by atoms with van der Waals surface area (Å²) in [7, 11) is 0. The first kappa shape index (κ1) is 10.7. The van der Waals surface area contributed by atoms with Gasteiger partial charge in [0.25, 0.3) is 0 Å². The van der Waals surface area contributed by atoms with Gasteiger partial charge in [-0.05, 0) is 13.0 Å². The van der Waals surface area contributed by atoms with Gasteiger partial charge in [-0.1, -0.05) is 6.92 Å². The highest BCUT2D eigenvalue weighted by Crippen LogP contribution is 2.05. The first-order chi connectivity index (χ1) is 6.69. The van der Waals surface area contributed by atoms with Crippen LogP contribution in [-0.4, -0.2) is 5.97 Å². The van der Waals surface area contributed by atoms with Gasteiger partial charge in [0.05, 0.1) is 0 Å². The van der Waals surface area contributed by atoms with Crippen molar-refractivity contribution in [3.8, 4) is 0 Å². The van der Waals surface area contributed by atoms with Crippen LogP contribution in [-0.2, 0) is 24.2 Å². The lowest BCUT2D eigenvalue weighted by atomic mass is 10.1. The monoisotopic (exact) mass is 193 g/mol. The van der Waals surface area contributed by atoms with E-state index < -0.39 is 5.97 Å². The molecular weight excluding hydrogens is 178 g/mol. The summed E-state index contributed by atoms with van der Waals surface area (Å²) in [5.41, 5.74) is 1.94. The van der Waals surface area contributed by atoms with Crippen molar-refractivity contribution in [3.05, 3.63) is 29.6 Å². The molecule has 1 rings (SSSR count). The van der Waals surface area contributed by atoms with E-state index in [0.29, 0.717) is 0 Å². The summed E-state index contributed by atoms with van der Waals surface area (Å²) in [6.07, 6.45) is 2.82. The summed E-state index contributed by atoms with van der Waals surface area (Å²) in [4.78, 5) is 10.5. The molecule has 0 saturated heterocycles. The maximum absolute atomic E-state index is 10.5. The van der Waals surface area contributed by atoms with E-state index in [9.17, 15) is 9.90 Å². The van der Waals surface area contributed by atoms with Gasteiger partial charge in [0.1, 0.15) is 6.54 Å². The van der Waals surface area contributed by atoms with Crippen LogP contribution in [0.3, 0.4) is 0 Å². The lowest BCUT2D eigenvalue weighted by molar-refractivity contribution is -0.701. The Balaban J connectivity index is 3.08. The zero-order valence-electron chi connectivity index (χ0n) is 8.62. The number of aromatic nitrogens is 1. The molecule has 3 heteroatoms. The highest BCUT2D eigenvalue weighted by atomic mass is 16.4. The molecule has 0 unspecified atom stereocenters. The summed E-state index contributed by atoms with van der Waals surface area (Å²) in [5, 5.41) is 10.5. The number of carbonyl (C=O) groups excluding carboxylic acids is 1. The third-order valence-electron chi connectivity index (χ3n) is 2.29. The third-order valence-corrected chi connectivity index (χ3v) is 2.29. The van der Waals surface area contributed by atoms with Crippen LogP contribution in [0.2, 0.25) is 0 Å². The minimum absolute atomic E-state index is 0.00398. The first-order valence-corrected chi connectivity index (χ1v) is 4.89. The number of rotatable bonds is 4. The van der Waals surface area contributed by atoms with Crippen molar-refractivity contribution in [2.75, 3.05) is 0 Å². The third kappa shape index (κ3) is 2.31. The zero-order valence-corrected chi connectivity index (χ0v) is 8.62. The molecule has 0 atom stereocenters. The SMILES string of the molecule is CCc1c(CC(=O)[O-])ccc[n+]1CC. The Hall–Kier alpha value is -1.38. The number of hydrogen-bond acceptors (Lipinski definition) is 2. The second-order valence-electron chi connectivity index (χ2n) is 3.17. The van der Waals surface area contributed by atoms with Crippen LogP contribution in [0, 0.1) is 0 Å². The van der Waals surface area contributed by atoms with E-state index >= 15 is 0 Å². The van der Waals surface area contributed by atoms with Crippen LogP contribution in [0.5, 0.6) is 0 Å². The minimum atomic E-state index is -1.02. The first-order valence-electron chi connectivity index (χ1n) is 4.89. The van der Waals surface area contributed by atoms with Crippen LogP contribution in [0.1, 0.15) is 25.1 Å². The Morgan fingerprint density at radius 3 is 2.71 bits per heavy atom. The topological polar surface area (TPSA) is 44.0 Å². The van der Waals surface area contributed by atoms with Gasteiger partial charge in [-0.2, -0.15) is 0 Å². The van der Waals surface area contributed by atoms with Gasteiger partial charge in [-0.3, -0.25) is 0 Å². The molecule has 0 fully saturated rings. The van der Waals surface area contributed by atoms with Crippen molar-refractivity contribution < 1.29 is 14.5 Å². The number of hydrogen-bond donors (Lipinski definition) is 0. The number of aliphatic carboxylic acids is 1. The zero-order chi connectivity index (χ0) is 10.6. The van der Waals surface area contributed by atoms with Crippen molar-refractivity contribution in [2.45, 2.75) is 33.2 Å². The number of carbonyl (C=O) groups is 1. The van der Waals surface area contributed by atoms with E-state index in [2.05, 4.69) is 4.57 Å². The number of aryl methyl sites for hydroxylation is 1. The van der Waals surface area contributed by atoms with Gasteiger partial charge >= 0.3 is 0 Å². The van der Waals surface area contributed by atoms with Crippen molar-refractivity contribution >= 4 is 5.97 Å². The molecule has 0 saturated carbocycles. The number of carboxylic acids is 1. The molecule has 0 amide bonds. The maximum Gasteiger partial charge on any atom is 0.184 e. The van der Waals surface area contributed by atoms with Gasteiger partial charge in [-0.15, -0.1) is 0 Å². The molecule has 0 aromatic carbocycles. The lowest BCUT2D eigenvalue weighted by Crippen LogP contribution is -2.38. The minimum Gasteiger partial charge on any atom is -0.550 e. The van der Waals surface area contributed by atoms with Crippen molar-refractivity contribution in [3.63, 3.8) is 0 Å². The Labute approximate surface area is 84.0 Å². The van der Waals surface area contributed by atoms with Gasteiger partial charge in [-0.25, -0.2) is 4.57 Å². The summed E-state index contributed by atoms with van der Waals surface area (Å²) in [5.74, 6) is -1.02. The standard InChI is InChI=1S/C11H15NO2/c1-3-10-9(8-11(13)14)6-5-7-12(10)4-2/h5-7H,3-4,8H2,1-2H3. The van der Waals surface area contributed by atoms with Crippen LogP contribution >= 0.6 is 0 Å². The Morgan fingerprint density at radius 2 is 2.21 bits per heavy atom. The molecule has 0 bridgehead atoms. The second kappa shape index (κ2) is 4.74. The predicted molar refractivity (Wildman–Crippen MR) is 50.4 cm³/mol. The highest BCUT2D eigenvalue weighted by Gasteiger charge is 2.11. The fourth-order valence-corrected chi connectivity index (χ4v) is 1.68.